The maximum Gasteiger partial charge on any atom is 0.266 e. The van der Waals surface area contributed by atoms with Crippen molar-refractivity contribution in [2.24, 2.45) is 5.92 Å². The maximum atomic E-state index is 13.4. The molecule has 2 aromatic heterocycles. The van der Waals surface area contributed by atoms with E-state index in [9.17, 15) is 4.79 Å². The van der Waals surface area contributed by atoms with E-state index in [2.05, 4.69) is 5.32 Å². The van der Waals surface area contributed by atoms with Crippen LogP contribution < -0.4 is 5.32 Å². The van der Waals surface area contributed by atoms with Crippen molar-refractivity contribution in [2.45, 2.75) is 12.8 Å². The highest BCUT2D eigenvalue weighted by Crippen LogP contribution is 2.35. The molecule has 0 aliphatic carbocycles. The molecule has 1 aromatic carbocycles. The topological polar surface area (TPSA) is 58.4 Å². The number of nitrogens with one attached hydrogen (secondary N) is 1. The van der Waals surface area contributed by atoms with Crippen LogP contribution >= 0.6 is 36.2 Å². The van der Waals surface area contributed by atoms with Crippen molar-refractivity contribution in [2.75, 3.05) is 26.7 Å². The zero-order valence-electron chi connectivity index (χ0n) is 16.2. The molecule has 1 aliphatic rings. The summed E-state index contributed by atoms with van der Waals surface area (Å²) in [6.45, 7) is 2.54. The third-order valence-electron chi connectivity index (χ3n) is 4.90. The first-order valence-electron chi connectivity index (χ1n) is 9.30. The minimum absolute atomic E-state index is 0. The van der Waals surface area contributed by atoms with Crippen molar-refractivity contribution in [1.82, 2.24) is 15.2 Å². The van der Waals surface area contributed by atoms with Gasteiger partial charge in [0.15, 0.2) is 10.8 Å². The molecule has 3 heterocycles. The molecule has 156 valence electrons. The molecular formula is C21H25Cl2N3O2S. The molecule has 1 aliphatic heterocycles. The van der Waals surface area contributed by atoms with Crippen molar-refractivity contribution < 1.29 is 9.21 Å². The molecule has 4 rings (SSSR count). The molecule has 0 saturated carbocycles. The van der Waals surface area contributed by atoms with Gasteiger partial charge in [0.05, 0.1) is 12.0 Å². The molecule has 8 heteroatoms. The van der Waals surface area contributed by atoms with Gasteiger partial charge < -0.3 is 14.6 Å². The zero-order chi connectivity index (χ0) is 18.6. The fraction of sp³-hybridized carbons (Fsp3) is 0.333. The van der Waals surface area contributed by atoms with Gasteiger partial charge in [0.1, 0.15) is 4.88 Å². The lowest BCUT2D eigenvalue weighted by atomic mass is 9.97. The summed E-state index contributed by atoms with van der Waals surface area (Å²) in [4.78, 5) is 20.8. The number of aromatic nitrogens is 1. The van der Waals surface area contributed by atoms with Crippen molar-refractivity contribution >= 4 is 42.1 Å². The van der Waals surface area contributed by atoms with Crippen LogP contribution in [0.2, 0.25) is 0 Å². The van der Waals surface area contributed by atoms with Gasteiger partial charge in [-0.05, 0) is 44.5 Å². The normalized spacial score (nSPS) is 16.0. The first kappa shape index (κ1) is 23.4. The monoisotopic (exact) mass is 453 g/mol. The number of carbonyl (C=O) groups excluding carboxylic acids is 1. The minimum Gasteiger partial charge on any atom is -0.462 e. The Labute approximate surface area is 187 Å². The van der Waals surface area contributed by atoms with Crippen molar-refractivity contribution in [1.29, 1.82) is 0 Å². The lowest BCUT2D eigenvalue weighted by molar-refractivity contribution is 0.0679. The standard InChI is InChI=1S/C21H23N3O2S.2ClH/c1-22-13-15-7-5-11-24(14-15)21(25)19-18(16-8-3-2-4-9-16)23-20(27-19)17-10-6-12-26-17;;/h2-4,6,8-10,12,15,22H,5,7,11,13-14H2,1H3;2*1H. The summed E-state index contributed by atoms with van der Waals surface area (Å²) in [5.74, 6) is 1.28. The average molecular weight is 454 g/mol. The van der Waals surface area contributed by atoms with Crippen molar-refractivity contribution in [3.05, 3.63) is 53.6 Å². The highest BCUT2D eigenvalue weighted by molar-refractivity contribution is 7.17. The van der Waals surface area contributed by atoms with E-state index in [-0.39, 0.29) is 30.7 Å². The number of likely N-dealkylation sites (tertiary alicyclic amines) is 1. The van der Waals surface area contributed by atoms with E-state index in [1.54, 1.807) is 6.26 Å². The van der Waals surface area contributed by atoms with Gasteiger partial charge >= 0.3 is 0 Å². The summed E-state index contributed by atoms with van der Waals surface area (Å²) < 4.78 is 5.51. The molecule has 0 radical (unpaired) electrons. The summed E-state index contributed by atoms with van der Waals surface area (Å²) >= 11 is 1.42. The quantitative estimate of drug-likeness (QED) is 0.591. The van der Waals surface area contributed by atoms with Gasteiger partial charge in [0.25, 0.3) is 5.91 Å². The van der Waals surface area contributed by atoms with Crippen LogP contribution in [0.3, 0.4) is 0 Å². The Kier molecular flexibility index (Phi) is 8.71. The summed E-state index contributed by atoms with van der Waals surface area (Å²) in [5.41, 5.74) is 1.70. The zero-order valence-corrected chi connectivity index (χ0v) is 18.6. The van der Waals surface area contributed by atoms with Crippen LogP contribution in [-0.4, -0.2) is 42.5 Å². The Bertz CT molecular complexity index is 898. The number of hydrogen-bond donors (Lipinski definition) is 1. The molecule has 3 aromatic rings. The molecule has 1 unspecified atom stereocenters. The van der Waals surface area contributed by atoms with Crippen LogP contribution in [-0.2, 0) is 0 Å². The smallest absolute Gasteiger partial charge is 0.266 e. The average Bonchev–Trinajstić information content (AvgIpc) is 3.38. The fourth-order valence-corrected chi connectivity index (χ4v) is 4.63. The Hall–Kier alpha value is -1.86. The van der Waals surface area contributed by atoms with Gasteiger partial charge in [-0.2, -0.15) is 0 Å². The highest BCUT2D eigenvalue weighted by Gasteiger charge is 2.29. The van der Waals surface area contributed by atoms with Gasteiger partial charge in [0.2, 0.25) is 0 Å². The summed E-state index contributed by atoms with van der Waals surface area (Å²) in [6, 6.07) is 13.6. The van der Waals surface area contributed by atoms with Crippen LogP contribution in [0, 0.1) is 5.92 Å². The SMILES string of the molecule is CNCC1CCCN(C(=O)c2sc(-c3ccco3)nc2-c2ccccc2)C1.Cl.Cl. The fourth-order valence-electron chi connectivity index (χ4n) is 3.61. The Balaban J connectivity index is 0.00000150. The number of hydrogen-bond acceptors (Lipinski definition) is 5. The third-order valence-corrected chi connectivity index (χ3v) is 5.96. The second kappa shape index (κ2) is 10.8. The number of piperidine rings is 1. The summed E-state index contributed by atoms with van der Waals surface area (Å²) in [6.07, 6.45) is 3.84. The number of nitrogens with zero attached hydrogens (tertiary/aromatic N) is 2. The van der Waals surface area contributed by atoms with Crippen molar-refractivity contribution in [3.8, 4) is 22.0 Å². The van der Waals surface area contributed by atoms with Gasteiger partial charge in [0, 0.05) is 18.7 Å². The van der Waals surface area contributed by atoms with E-state index in [1.165, 1.54) is 11.3 Å². The van der Waals surface area contributed by atoms with Crippen LogP contribution in [0.15, 0.2) is 53.1 Å². The molecule has 1 saturated heterocycles. The summed E-state index contributed by atoms with van der Waals surface area (Å²) in [5, 5.41) is 3.98. The van der Waals surface area contributed by atoms with Gasteiger partial charge in [-0.1, -0.05) is 30.3 Å². The number of furan rings is 1. The third kappa shape index (κ3) is 5.20. The van der Waals surface area contributed by atoms with E-state index in [0.29, 0.717) is 16.6 Å². The molecular weight excluding hydrogens is 429 g/mol. The van der Waals surface area contributed by atoms with E-state index in [0.717, 1.165) is 48.7 Å². The number of amides is 1. The molecule has 0 bridgehead atoms. The molecule has 5 nitrogen and oxygen atoms in total. The molecule has 1 N–H and O–H groups in total. The second-order valence-electron chi connectivity index (χ2n) is 6.86. The van der Waals surface area contributed by atoms with Gasteiger partial charge in [-0.25, -0.2) is 4.98 Å². The second-order valence-corrected chi connectivity index (χ2v) is 7.86. The van der Waals surface area contributed by atoms with Crippen LogP contribution in [0.25, 0.3) is 22.0 Å². The van der Waals surface area contributed by atoms with E-state index < -0.39 is 0 Å². The van der Waals surface area contributed by atoms with Gasteiger partial charge in [-0.15, -0.1) is 36.2 Å². The van der Waals surface area contributed by atoms with Crippen molar-refractivity contribution in [3.63, 3.8) is 0 Å². The Morgan fingerprint density at radius 1 is 1.24 bits per heavy atom. The number of thiazole rings is 1. The first-order chi connectivity index (χ1) is 13.3. The molecule has 1 atom stereocenters. The number of halogens is 2. The van der Waals surface area contributed by atoms with E-state index in [1.807, 2.05) is 54.4 Å². The lowest BCUT2D eigenvalue weighted by Gasteiger charge is -2.32. The van der Waals surface area contributed by atoms with Gasteiger partial charge in [-0.3, -0.25) is 4.79 Å². The van der Waals surface area contributed by atoms with Crippen LogP contribution in [0.4, 0.5) is 0 Å². The van der Waals surface area contributed by atoms with Crippen LogP contribution in [0.1, 0.15) is 22.5 Å². The van der Waals surface area contributed by atoms with E-state index in [4.69, 9.17) is 9.40 Å². The number of rotatable bonds is 5. The first-order valence-corrected chi connectivity index (χ1v) is 10.1. The Morgan fingerprint density at radius 2 is 2.03 bits per heavy atom. The van der Waals surface area contributed by atoms with Crippen LogP contribution in [0.5, 0.6) is 0 Å². The molecule has 1 amide bonds. The largest absolute Gasteiger partial charge is 0.462 e. The predicted octanol–water partition coefficient (Wildman–Crippen LogP) is 4.99. The lowest BCUT2D eigenvalue weighted by Crippen LogP contribution is -2.42. The maximum absolute atomic E-state index is 13.4. The Morgan fingerprint density at radius 3 is 2.72 bits per heavy atom. The van der Waals surface area contributed by atoms with E-state index >= 15 is 0 Å². The number of benzene rings is 1. The number of carbonyl (C=O) groups is 1. The molecule has 0 spiro atoms. The molecule has 1 fully saturated rings. The minimum atomic E-state index is 0. The summed E-state index contributed by atoms with van der Waals surface area (Å²) in [7, 11) is 1.97. The molecule has 29 heavy (non-hydrogen) atoms. The predicted molar refractivity (Wildman–Crippen MR) is 122 cm³/mol. The highest BCUT2D eigenvalue weighted by atomic mass is 35.5.